The molecule has 0 aromatic rings. The molecule has 3 fully saturated rings. The summed E-state index contributed by atoms with van der Waals surface area (Å²) in [4.78, 5) is 7.57. The maximum Gasteiger partial charge on any atom is 0.00984 e. The quantitative estimate of drug-likeness (QED) is 0.242. The van der Waals surface area contributed by atoms with Crippen LogP contribution in [0.15, 0.2) is 0 Å². The predicted molar refractivity (Wildman–Crippen MR) is 321 cm³/mol. The first-order valence-corrected chi connectivity index (χ1v) is 25.4. The van der Waals surface area contributed by atoms with Crippen LogP contribution in [0.1, 0.15) is 264 Å². The molecule has 3 saturated heterocycles. The van der Waals surface area contributed by atoms with E-state index in [4.69, 9.17) is 0 Å². The van der Waals surface area contributed by atoms with Gasteiger partial charge in [0, 0.05) is 723 Å². The summed E-state index contributed by atoms with van der Waals surface area (Å²) in [5, 5.41) is 0. The van der Waals surface area contributed by atoms with Gasteiger partial charge in [-0.3, -0.25) is 4.90 Å². The largest absolute Gasteiger partial charge is 0.358 e. The molecule has 3 aliphatic heterocycles. The van der Waals surface area contributed by atoms with Crippen LogP contribution >= 0.6 is 0 Å². The molecule has 0 saturated carbocycles. The zero-order chi connectivity index (χ0) is 48.4. The standard InChI is InChI=1S/C10H21N.2C9H19N.12C2H6.CH4.6CH3.21Y/c1-6-11-9(4)7(2)8(3)10(11)5;2*1-6-7(2)9(4)10(5)8(6)3;12*1-2;;;;;;;;;;;;;;;;;;;;;;;;;;;;/h7-10H,6H2,1-5H3;2*6-9H,1-5H3;12*1-2H3;1H4;6*1H3;;;;;;;;;;;;;;;;;;;;;/q;;;;;;;;;;;;;;;;6*-1;;;;;;;;;;;;;;;;;;;;;/t7-,8+,9-,10+;2*6-,7+,8-,9+;;;;;;;;;;;;;;;;;;;;;;;;;;;;;;;;;;;;;;;;. The molecule has 0 aliphatic carbocycles. The van der Waals surface area contributed by atoms with Crippen molar-refractivity contribution in [2.24, 2.45) is 35.5 Å². The average molecular weight is 2770 g/mol. The Balaban J connectivity index is -0.00000000651. The van der Waals surface area contributed by atoms with Gasteiger partial charge in [-0.15, -0.1) is 0 Å². The Labute approximate surface area is 1070 Å². The Morgan fingerprint density at radius 2 is 0.265 bits per heavy atom. The molecule has 21 radical (unpaired) electrons. The van der Waals surface area contributed by atoms with Gasteiger partial charge in [-0.2, -0.15) is 0 Å². The molecule has 83 heavy (non-hydrogen) atoms. The maximum atomic E-state index is 2.61. The van der Waals surface area contributed by atoms with Crippen LogP contribution in [0.5, 0.6) is 0 Å². The first kappa shape index (κ1) is 268. The zero-order valence-corrected chi connectivity index (χ0v) is 126. The van der Waals surface area contributed by atoms with Gasteiger partial charge in [0.25, 0.3) is 0 Å². The van der Waals surface area contributed by atoms with E-state index in [1.54, 1.807) is 0 Å². The van der Waals surface area contributed by atoms with Crippen LogP contribution in [0.4, 0.5) is 0 Å². The molecule has 0 aromatic heterocycles. The van der Waals surface area contributed by atoms with Crippen LogP contribution < -0.4 is 0 Å². The van der Waals surface area contributed by atoms with Crippen LogP contribution in [0.3, 0.4) is 0 Å². The molecular weight excluding hydrogens is 2620 g/mol. The Morgan fingerprint density at radius 1 is 0.193 bits per heavy atom. The monoisotopic (exact) mass is 2770 g/mol. The summed E-state index contributed by atoms with van der Waals surface area (Å²) in [7, 11) is 4.46. The van der Waals surface area contributed by atoms with Gasteiger partial charge in [0.2, 0.25) is 0 Å². The van der Waals surface area contributed by atoms with Gasteiger partial charge in [-0.25, -0.2) is 0 Å². The van der Waals surface area contributed by atoms with Crippen molar-refractivity contribution in [3.8, 4) is 0 Å². The normalized spacial score (nSPS) is 19.1. The molecule has 0 N–H and O–H groups in total. The molecule has 3 heterocycles. The zero-order valence-electron chi connectivity index (χ0n) is 66.1. The van der Waals surface area contributed by atoms with Crippen molar-refractivity contribution in [2.45, 2.75) is 300 Å². The van der Waals surface area contributed by atoms with Crippen molar-refractivity contribution >= 4 is 0 Å². The van der Waals surface area contributed by atoms with Gasteiger partial charge in [0.05, 0.1) is 0 Å². The fourth-order valence-electron chi connectivity index (χ4n) is 6.41. The van der Waals surface area contributed by atoms with E-state index >= 15 is 0 Å². The third kappa shape index (κ3) is 154. The predicted octanol–water partition coefficient (Wildman–Crippen LogP) is 21.9. The summed E-state index contributed by atoms with van der Waals surface area (Å²) in [6.07, 6.45) is 0. The van der Waals surface area contributed by atoms with E-state index in [0.29, 0.717) is 0 Å². The van der Waals surface area contributed by atoms with Gasteiger partial charge in [-0.05, 0) is 97.7 Å². The second-order valence-electron chi connectivity index (χ2n) is 11.8. The van der Waals surface area contributed by atoms with Crippen LogP contribution in [-0.2, 0) is 687 Å². The minimum atomic E-state index is 0. The fourth-order valence-corrected chi connectivity index (χ4v) is 6.41. The van der Waals surface area contributed by atoms with Crippen LogP contribution in [0, 0.1) is 80.1 Å². The molecule has 0 bridgehead atoms. The maximum absolute atomic E-state index is 2.61. The summed E-state index contributed by atoms with van der Waals surface area (Å²) in [6.45, 7) is 79.7. The number of rotatable bonds is 1. The van der Waals surface area contributed by atoms with Crippen LogP contribution in [0.25, 0.3) is 0 Å². The van der Waals surface area contributed by atoms with Crippen molar-refractivity contribution < 1.29 is 687 Å². The van der Waals surface area contributed by atoms with Gasteiger partial charge >= 0.3 is 0 Å². The van der Waals surface area contributed by atoms with Crippen molar-refractivity contribution in [2.75, 3.05) is 20.6 Å². The average Bonchev–Trinajstić information content (AvgIpc) is 3.67. The van der Waals surface area contributed by atoms with E-state index < -0.39 is 0 Å². The number of likely N-dealkylation sites (tertiary alicyclic amines) is 3. The molecule has 24 heteroatoms. The van der Waals surface area contributed by atoms with E-state index in [-0.39, 0.29) is 739 Å². The van der Waals surface area contributed by atoms with Gasteiger partial charge in [0.15, 0.2) is 0 Å². The second kappa shape index (κ2) is 239. The SMILES string of the molecule is C.CC.CC.CC.CC.CC.CC.CC.CC.CC.CC.CC.CC.CCN1[C@H](C)[C@H](C)[C@H](C)[C@@H]1C.C[C@@H]1[C@H](C)[C@H](C)N(C)[C@@H]1C.C[C@@H]1[C@H](C)[C@H](C)N(C)[C@@H]1C.[CH3-].[CH3-].[CH3-].[CH3-].[CH3-].[CH3-].[Y].[Y].[Y].[Y].[Y].[Y].[Y].[Y].[Y].[Y].[Y].[Y].[Y].[Y].[Y].[Y].[Y].[Y].[Y].[Y].[Y]. The summed E-state index contributed by atoms with van der Waals surface area (Å²) in [6, 6.07) is 4.64. The fraction of sp³-hybridized carbons (Fsp3) is 0.898. The van der Waals surface area contributed by atoms with Crippen LogP contribution in [0.2, 0.25) is 0 Å². The molecule has 12 atom stereocenters. The molecule has 473 valence electrons. The third-order valence-corrected chi connectivity index (χ3v) is 11.0. The smallest absolute Gasteiger partial charge is 0.00984 e. The molecule has 3 rings (SSSR count). The van der Waals surface area contributed by atoms with E-state index in [0.717, 1.165) is 71.8 Å². The number of hydrogen-bond donors (Lipinski definition) is 0. The van der Waals surface area contributed by atoms with Crippen molar-refractivity contribution in [1.29, 1.82) is 0 Å². The Kier molecular flexibility index (Phi) is 771. The molecule has 0 aromatic carbocycles. The van der Waals surface area contributed by atoms with Crippen molar-refractivity contribution in [3.63, 3.8) is 0 Å². The Bertz CT molecular complexity index is 460. The van der Waals surface area contributed by atoms with Crippen LogP contribution in [-0.4, -0.2) is 71.6 Å². The summed E-state index contributed by atoms with van der Waals surface area (Å²) >= 11 is 0. The van der Waals surface area contributed by atoms with Gasteiger partial charge < -0.3 is 54.4 Å². The first-order chi connectivity index (χ1) is 26.2. The first-order valence-electron chi connectivity index (χ1n) is 25.4. The van der Waals surface area contributed by atoms with Gasteiger partial charge in [0.1, 0.15) is 0 Å². The summed E-state index contributed by atoms with van der Waals surface area (Å²) < 4.78 is 0. The summed E-state index contributed by atoms with van der Waals surface area (Å²) in [5.41, 5.74) is 0. The third-order valence-electron chi connectivity index (χ3n) is 11.0. The molecule has 3 aliphatic rings. The topological polar surface area (TPSA) is 9.72 Å². The molecule has 0 unspecified atom stereocenters. The van der Waals surface area contributed by atoms with Gasteiger partial charge in [-0.1, -0.05) is 222 Å². The molecule has 3 nitrogen and oxygen atoms in total. The van der Waals surface area contributed by atoms with E-state index in [2.05, 4.69) is 119 Å². The van der Waals surface area contributed by atoms with E-state index in [1.807, 2.05) is 166 Å². The number of nitrogens with zero attached hydrogens (tertiary/aromatic N) is 3. The second-order valence-corrected chi connectivity index (χ2v) is 11.8. The van der Waals surface area contributed by atoms with E-state index in [1.165, 1.54) is 6.54 Å². The Hall–Kier alpha value is 23.1. The summed E-state index contributed by atoms with van der Waals surface area (Å²) in [5.74, 6) is 5.18. The van der Waals surface area contributed by atoms with Crippen molar-refractivity contribution in [1.82, 2.24) is 14.7 Å². The number of hydrogen-bond acceptors (Lipinski definition) is 3. The molecular formula is C59H153N3Y21-6. The molecule has 0 amide bonds. The Morgan fingerprint density at radius 3 is 0.301 bits per heavy atom. The van der Waals surface area contributed by atoms with Crippen molar-refractivity contribution in [3.05, 3.63) is 44.6 Å². The minimum Gasteiger partial charge on any atom is -0.358 e. The minimum absolute atomic E-state index is 0. The molecule has 0 spiro atoms. The van der Waals surface area contributed by atoms with E-state index in [9.17, 15) is 0 Å².